The number of hydrogen-bond donors (Lipinski definition) is 1. The molecule has 2 aromatic carbocycles. The number of phenols is 1. The molecule has 34 heavy (non-hydrogen) atoms. The van der Waals surface area contributed by atoms with Crippen molar-refractivity contribution < 1.29 is 19.4 Å². The molecule has 1 spiro atoms. The van der Waals surface area contributed by atoms with Crippen molar-refractivity contribution in [2.45, 2.75) is 74.5 Å². The Morgan fingerprint density at radius 2 is 1.97 bits per heavy atom. The molecule has 2 saturated carbocycles. The molecule has 5 heteroatoms. The Balaban J connectivity index is 1.28. The molecule has 0 amide bonds. The predicted octanol–water partition coefficient (Wildman–Crippen LogP) is 4.18. The Kier molecular flexibility index (Phi) is 4.66. The third-order valence-corrected chi connectivity index (χ3v) is 9.33. The zero-order chi connectivity index (χ0) is 22.9. The number of carbonyl (C=O) groups excluding carboxylic acids is 1. The van der Waals surface area contributed by atoms with Gasteiger partial charge in [0.05, 0.1) is 11.0 Å². The van der Waals surface area contributed by atoms with E-state index < -0.39 is 17.1 Å². The highest BCUT2D eigenvalue weighted by Gasteiger charge is 2.74. The maximum absolute atomic E-state index is 13.3. The summed E-state index contributed by atoms with van der Waals surface area (Å²) in [6.07, 6.45) is 7.06. The van der Waals surface area contributed by atoms with E-state index in [0.29, 0.717) is 18.8 Å². The van der Waals surface area contributed by atoms with Crippen molar-refractivity contribution in [3.8, 4) is 11.5 Å². The third-order valence-electron chi connectivity index (χ3n) is 9.33. The zero-order valence-electron chi connectivity index (χ0n) is 19.7. The molecule has 4 atom stereocenters. The summed E-state index contributed by atoms with van der Waals surface area (Å²) in [7, 11) is 0. The Morgan fingerprint density at radius 3 is 2.79 bits per heavy atom. The zero-order valence-corrected chi connectivity index (χ0v) is 19.7. The van der Waals surface area contributed by atoms with Crippen LogP contribution in [0.3, 0.4) is 0 Å². The Hall–Kier alpha value is -2.37. The van der Waals surface area contributed by atoms with Crippen molar-refractivity contribution in [2.24, 2.45) is 5.92 Å². The van der Waals surface area contributed by atoms with Gasteiger partial charge in [0.2, 0.25) is 0 Å². The fourth-order valence-corrected chi connectivity index (χ4v) is 7.71. The van der Waals surface area contributed by atoms with E-state index >= 15 is 0 Å². The number of hydrogen-bond acceptors (Lipinski definition) is 5. The second-order valence-corrected chi connectivity index (χ2v) is 11.1. The molecule has 2 aliphatic heterocycles. The van der Waals surface area contributed by atoms with Gasteiger partial charge in [0.25, 0.3) is 0 Å². The van der Waals surface area contributed by atoms with Gasteiger partial charge in [0.15, 0.2) is 23.4 Å². The van der Waals surface area contributed by atoms with Gasteiger partial charge in [-0.05, 0) is 74.6 Å². The average Bonchev–Trinajstić information content (AvgIpc) is 3.59. The van der Waals surface area contributed by atoms with Crippen LogP contribution in [-0.2, 0) is 27.8 Å². The molecule has 178 valence electrons. The van der Waals surface area contributed by atoms with Crippen molar-refractivity contribution in [3.63, 3.8) is 0 Å². The smallest absolute Gasteiger partial charge is 0.174 e. The summed E-state index contributed by atoms with van der Waals surface area (Å²) in [5.74, 6) is 1.68. The molecule has 2 heterocycles. The molecule has 2 aromatic rings. The molecule has 3 aliphatic carbocycles. The highest BCUT2D eigenvalue weighted by atomic mass is 16.5. The van der Waals surface area contributed by atoms with Gasteiger partial charge in [-0.2, -0.15) is 0 Å². The number of rotatable bonds is 7. The van der Waals surface area contributed by atoms with E-state index in [4.69, 9.17) is 9.47 Å². The van der Waals surface area contributed by atoms with Crippen LogP contribution >= 0.6 is 0 Å². The minimum absolute atomic E-state index is 0.159. The number of ether oxygens (including phenoxy) is 2. The fraction of sp³-hybridized carbons (Fsp3) is 0.552. The molecule has 0 radical (unpaired) electrons. The Labute approximate surface area is 201 Å². The van der Waals surface area contributed by atoms with Crippen molar-refractivity contribution in [1.29, 1.82) is 0 Å². The number of likely N-dealkylation sites (tertiary alicyclic amines) is 1. The van der Waals surface area contributed by atoms with Gasteiger partial charge < -0.3 is 14.6 Å². The molecule has 7 rings (SSSR count). The molecular weight excluding hydrogens is 426 g/mol. The first-order valence-electron chi connectivity index (χ1n) is 13.1. The molecule has 5 nitrogen and oxygen atoms in total. The summed E-state index contributed by atoms with van der Waals surface area (Å²) in [5.41, 5.74) is 2.72. The minimum atomic E-state index is -0.539. The van der Waals surface area contributed by atoms with Gasteiger partial charge >= 0.3 is 0 Å². The lowest BCUT2D eigenvalue weighted by Gasteiger charge is -2.64. The van der Waals surface area contributed by atoms with E-state index in [1.165, 1.54) is 24.0 Å². The van der Waals surface area contributed by atoms with E-state index in [-0.39, 0.29) is 17.6 Å². The van der Waals surface area contributed by atoms with Gasteiger partial charge in [-0.3, -0.25) is 9.69 Å². The number of phenolic OH excluding ortho intramolecular Hbond substituents is 1. The van der Waals surface area contributed by atoms with Gasteiger partial charge in [0, 0.05) is 31.2 Å². The highest BCUT2D eigenvalue weighted by molar-refractivity contribution is 5.90. The molecule has 0 aromatic heterocycles. The maximum Gasteiger partial charge on any atom is 0.174 e. The van der Waals surface area contributed by atoms with Gasteiger partial charge in [-0.1, -0.05) is 36.4 Å². The van der Waals surface area contributed by atoms with Gasteiger partial charge in [0.1, 0.15) is 0 Å². The van der Waals surface area contributed by atoms with Crippen molar-refractivity contribution in [2.75, 3.05) is 19.7 Å². The van der Waals surface area contributed by atoms with E-state index in [0.717, 1.165) is 56.7 Å². The fourth-order valence-electron chi connectivity index (χ4n) is 7.71. The second-order valence-electron chi connectivity index (χ2n) is 11.1. The lowest BCUT2D eigenvalue weighted by atomic mass is 9.48. The lowest BCUT2D eigenvalue weighted by Crippen LogP contribution is -2.77. The first kappa shape index (κ1) is 21.0. The molecule has 1 saturated heterocycles. The molecule has 3 fully saturated rings. The number of carbonyl (C=O) groups is 1. The van der Waals surface area contributed by atoms with Crippen molar-refractivity contribution in [3.05, 3.63) is 59.2 Å². The summed E-state index contributed by atoms with van der Waals surface area (Å²) in [6, 6.07) is 14.7. The minimum Gasteiger partial charge on any atom is -0.504 e. The first-order chi connectivity index (χ1) is 16.6. The van der Waals surface area contributed by atoms with Crippen LogP contribution in [0.5, 0.6) is 11.5 Å². The van der Waals surface area contributed by atoms with Crippen LogP contribution in [0.15, 0.2) is 42.5 Å². The average molecular weight is 460 g/mol. The van der Waals surface area contributed by atoms with E-state index in [2.05, 4.69) is 41.3 Å². The van der Waals surface area contributed by atoms with E-state index in [1.54, 1.807) is 6.07 Å². The van der Waals surface area contributed by atoms with Crippen molar-refractivity contribution in [1.82, 2.24) is 4.90 Å². The van der Waals surface area contributed by atoms with Crippen LogP contribution in [0, 0.1) is 5.92 Å². The normalized spacial score (nSPS) is 33.5. The quantitative estimate of drug-likeness (QED) is 0.630. The first-order valence-corrected chi connectivity index (χ1v) is 13.1. The lowest BCUT2D eigenvalue weighted by molar-refractivity contribution is -0.213. The predicted molar refractivity (Wildman–Crippen MR) is 128 cm³/mol. The largest absolute Gasteiger partial charge is 0.504 e. The van der Waals surface area contributed by atoms with Crippen LogP contribution < -0.4 is 4.74 Å². The Morgan fingerprint density at radius 1 is 1.12 bits per heavy atom. The molecular formula is C29H33NO4. The monoisotopic (exact) mass is 459 g/mol. The highest BCUT2D eigenvalue weighted by Crippen LogP contribution is 2.66. The van der Waals surface area contributed by atoms with E-state index in [9.17, 15) is 9.90 Å². The SMILES string of the molecule is O=C1CC[C@@]2(OCCCc3ccccc3)[C@H]3Cc4ccc(O)c5c4[C@@]2(CCN3CC2CC2)C1O5. The third kappa shape index (κ3) is 2.83. The van der Waals surface area contributed by atoms with E-state index in [1.807, 2.05) is 0 Å². The van der Waals surface area contributed by atoms with Gasteiger partial charge in [-0.15, -0.1) is 0 Å². The standard InChI is InChI=1S/C29H33NO4/c31-22-11-10-21-17-24-29(33-16-4-7-19-5-2-1-3-6-19)13-12-23(32)27-28(29,25(21)26(22)34-27)14-15-30(24)18-20-8-9-20/h1-3,5-6,10-11,20,24,27,31H,4,7-9,12-18H2/t24-,27?,28+,29-/m1/s1. The molecule has 1 unspecified atom stereocenters. The number of aromatic hydroxyl groups is 1. The number of ketones is 1. The number of nitrogens with zero attached hydrogens (tertiary/aromatic N) is 1. The maximum atomic E-state index is 13.3. The number of benzene rings is 2. The molecule has 5 aliphatic rings. The molecule has 1 N–H and O–H groups in total. The van der Waals surface area contributed by atoms with Crippen LogP contribution in [0.2, 0.25) is 0 Å². The van der Waals surface area contributed by atoms with Crippen LogP contribution in [0.4, 0.5) is 0 Å². The summed E-state index contributed by atoms with van der Waals surface area (Å²) in [4.78, 5) is 16.0. The summed E-state index contributed by atoms with van der Waals surface area (Å²) >= 11 is 0. The molecule has 2 bridgehead atoms. The summed E-state index contributed by atoms with van der Waals surface area (Å²) in [6.45, 7) is 2.78. The topological polar surface area (TPSA) is 59.0 Å². The summed E-state index contributed by atoms with van der Waals surface area (Å²) < 4.78 is 13.4. The van der Waals surface area contributed by atoms with Gasteiger partial charge in [-0.25, -0.2) is 0 Å². The van der Waals surface area contributed by atoms with Crippen LogP contribution in [0.25, 0.3) is 0 Å². The second kappa shape index (κ2) is 7.56. The Bertz CT molecular complexity index is 1130. The summed E-state index contributed by atoms with van der Waals surface area (Å²) in [5, 5.41) is 10.7. The van der Waals surface area contributed by atoms with Crippen LogP contribution in [0.1, 0.15) is 55.2 Å². The number of Topliss-reactive ketones (excluding diaryl/α,β-unsaturated/α-hetero) is 1. The number of piperidine rings is 1. The van der Waals surface area contributed by atoms with Crippen molar-refractivity contribution >= 4 is 5.78 Å². The van der Waals surface area contributed by atoms with Crippen LogP contribution in [-0.4, -0.2) is 53.2 Å². The number of aryl methyl sites for hydroxylation is 1.